The third-order valence-electron chi connectivity index (χ3n) is 6.23. The van der Waals surface area contributed by atoms with Gasteiger partial charge in [0, 0.05) is 47.8 Å². The van der Waals surface area contributed by atoms with Crippen LogP contribution in [0.1, 0.15) is 18.4 Å². The molecular weight excluding hydrogens is 412 g/mol. The number of fused-ring (bicyclic) bond motifs is 2. The Morgan fingerprint density at radius 1 is 0.879 bits per heavy atom. The highest BCUT2D eigenvalue weighted by Gasteiger charge is 2.18. The molecule has 0 radical (unpaired) electrons. The summed E-state index contributed by atoms with van der Waals surface area (Å²) in [5, 5.41) is 1.08. The van der Waals surface area contributed by atoms with Crippen molar-refractivity contribution < 1.29 is 13.9 Å². The third-order valence-corrected chi connectivity index (χ3v) is 6.23. The van der Waals surface area contributed by atoms with E-state index in [2.05, 4.69) is 47.2 Å². The fraction of sp³-hybridized carbons (Fsp3) is 0.214. The summed E-state index contributed by atoms with van der Waals surface area (Å²) in [6.45, 7) is 3.62. The van der Waals surface area contributed by atoms with Gasteiger partial charge in [-0.25, -0.2) is 0 Å². The van der Waals surface area contributed by atoms with Crippen molar-refractivity contribution in [3.63, 3.8) is 0 Å². The van der Waals surface area contributed by atoms with Gasteiger partial charge in [0.1, 0.15) is 23.1 Å². The number of para-hydroxylation sites is 1. The van der Waals surface area contributed by atoms with Crippen molar-refractivity contribution in [3.8, 4) is 28.2 Å². The number of pyridine rings is 2. The summed E-state index contributed by atoms with van der Waals surface area (Å²) in [5.41, 5.74) is 6.71. The number of benzene rings is 2. The Bertz CT molecular complexity index is 1450. The maximum atomic E-state index is 6.33. The van der Waals surface area contributed by atoms with Crippen LogP contribution in [0, 0.1) is 6.92 Å². The standard InChI is InChI=1S/C28H24N2O3/c1-18-14-19(6-7-26(18)32-22-9-12-31-13-10-22)23-8-11-29-25-16-27(33-28(23)25)21-15-20-4-2-3-5-24(20)30-17-21/h2-8,11,14-17,22H,9-10,12-13H2,1H3. The minimum atomic E-state index is 0.221. The molecule has 0 bridgehead atoms. The van der Waals surface area contributed by atoms with Gasteiger partial charge in [0.25, 0.3) is 0 Å². The molecule has 1 aliphatic rings. The second-order valence-electron chi connectivity index (χ2n) is 8.51. The van der Waals surface area contributed by atoms with E-state index in [0.717, 1.165) is 81.8 Å². The van der Waals surface area contributed by atoms with Crippen LogP contribution in [0.4, 0.5) is 0 Å². The number of aromatic nitrogens is 2. The quantitative estimate of drug-likeness (QED) is 0.319. The average molecular weight is 437 g/mol. The molecule has 6 rings (SSSR count). The van der Waals surface area contributed by atoms with Crippen molar-refractivity contribution in [1.29, 1.82) is 0 Å². The molecule has 3 aromatic heterocycles. The molecule has 5 aromatic rings. The van der Waals surface area contributed by atoms with Crippen LogP contribution in [0.3, 0.4) is 0 Å². The molecule has 0 spiro atoms. The summed E-state index contributed by atoms with van der Waals surface area (Å²) in [6, 6.07) is 20.5. The molecule has 0 unspecified atom stereocenters. The Hall–Kier alpha value is -3.70. The maximum Gasteiger partial charge on any atom is 0.161 e. The fourth-order valence-corrected chi connectivity index (χ4v) is 4.44. The van der Waals surface area contributed by atoms with E-state index in [0.29, 0.717) is 0 Å². The summed E-state index contributed by atoms with van der Waals surface area (Å²) in [6.07, 6.45) is 5.78. The average Bonchev–Trinajstić information content (AvgIpc) is 3.30. The van der Waals surface area contributed by atoms with E-state index in [4.69, 9.17) is 13.9 Å². The van der Waals surface area contributed by atoms with Gasteiger partial charge in [-0.1, -0.05) is 24.3 Å². The zero-order chi connectivity index (χ0) is 22.2. The number of aryl methyl sites for hydroxylation is 1. The van der Waals surface area contributed by atoms with Gasteiger partial charge < -0.3 is 13.9 Å². The van der Waals surface area contributed by atoms with E-state index in [9.17, 15) is 0 Å². The van der Waals surface area contributed by atoms with E-state index in [1.807, 2.05) is 42.7 Å². The molecule has 1 fully saturated rings. The molecule has 0 amide bonds. The van der Waals surface area contributed by atoms with Crippen LogP contribution >= 0.6 is 0 Å². The van der Waals surface area contributed by atoms with E-state index in [1.165, 1.54) is 0 Å². The summed E-state index contributed by atoms with van der Waals surface area (Å²) < 4.78 is 18.0. The Kier molecular flexibility index (Phi) is 5.04. The fourth-order valence-electron chi connectivity index (χ4n) is 4.44. The molecule has 164 valence electrons. The van der Waals surface area contributed by atoms with Crippen molar-refractivity contribution in [3.05, 3.63) is 78.6 Å². The molecule has 1 aliphatic heterocycles. The largest absolute Gasteiger partial charge is 0.490 e. The Morgan fingerprint density at radius 3 is 2.64 bits per heavy atom. The van der Waals surface area contributed by atoms with Gasteiger partial charge >= 0.3 is 0 Å². The number of hydrogen-bond donors (Lipinski definition) is 0. The highest BCUT2D eigenvalue weighted by atomic mass is 16.5. The Morgan fingerprint density at radius 2 is 1.76 bits per heavy atom. The van der Waals surface area contributed by atoms with Crippen molar-refractivity contribution in [2.75, 3.05) is 13.2 Å². The topological polar surface area (TPSA) is 57.4 Å². The monoisotopic (exact) mass is 436 g/mol. The predicted molar refractivity (Wildman–Crippen MR) is 129 cm³/mol. The SMILES string of the molecule is Cc1cc(-c2ccnc3cc(-c4cnc5ccccc5c4)oc23)ccc1OC1CCOCC1. The second kappa shape index (κ2) is 8.34. The normalized spacial score (nSPS) is 14.7. The number of nitrogens with zero attached hydrogens (tertiary/aromatic N) is 2. The smallest absolute Gasteiger partial charge is 0.161 e. The lowest BCUT2D eigenvalue weighted by Gasteiger charge is -2.24. The number of furan rings is 1. The lowest BCUT2D eigenvalue weighted by atomic mass is 10.0. The van der Waals surface area contributed by atoms with Crippen LogP contribution in [0.15, 0.2) is 77.5 Å². The molecule has 0 saturated carbocycles. The molecule has 5 nitrogen and oxygen atoms in total. The first-order valence-electron chi connectivity index (χ1n) is 11.3. The Labute approximate surface area is 192 Å². The molecule has 0 N–H and O–H groups in total. The van der Waals surface area contributed by atoms with E-state index in [1.54, 1.807) is 0 Å². The van der Waals surface area contributed by atoms with E-state index in [-0.39, 0.29) is 6.10 Å². The first-order chi connectivity index (χ1) is 16.2. The van der Waals surface area contributed by atoms with Crippen molar-refractivity contribution in [2.45, 2.75) is 25.9 Å². The van der Waals surface area contributed by atoms with Gasteiger partial charge in [-0.15, -0.1) is 0 Å². The van der Waals surface area contributed by atoms with Crippen molar-refractivity contribution >= 4 is 22.0 Å². The maximum absolute atomic E-state index is 6.33. The van der Waals surface area contributed by atoms with E-state index < -0.39 is 0 Å². The van der Waals surface area contributed by atoms with Gasteiger partial charge in [-0.05, 0) is 48.4 Å². The van der Waals surface area contributed by atoms with Crippen LogP contribution in [-0.4, -0.2) is 29.3 Å². The summed E-state index contributed by atoms with van der Waals surface area (Å²) in [4.78, 5) is 9.12. The van der Waals surface area contributed by atoms with Crippen LogP contribution in [0.5, 0.6) is 5.75 Å². The molecule has 5 heteroatoms. The lowest BCUT2D eigenvalue weighted by Crippen LogP contribution is -2.26. The zero-order valence-electron chi connectivity index (χ0n) is 18.5. The van der Waals surface area contributed by atoms with Crippen LogP contribution < -0.4 is 4.74 Å². The van der Waals surface area contributed by atoms with Crippen LogP contribution in [-0.2, 0) is 4.74 Å². The van der Waals surface area contributed by atoms with Gasteiger partial charge in [0.05, 0.1) is 18.7 Å². The lowest BCUT2D eigenvalue weighted by molar-refractivity contribution is 0.0253. The van der Waals surface area contributed by atoms with Crippen LogP contribution in [0.25, 0.3) is 44.5 Å². The first kappa shape index (κ1) is 19.9. The van der Waals surface area contributed by atoms with Gasteiger partial charge in [0.15, 0.2) is 5.58 Å². The molecule has 0 atom stereocenters. The molecular formula is C28H24N2O3. The van der Waals surface area contributed by atoms with Crippen LogP contribution in [0.2, 0.25) is 0 Å². The highest BCUT2D eigenvalue weighted by Crippen LogP contribution is 2.36. The minimum absolute atomic E-state index is 0.221. The molecule has 0 aliphatic carbocycles. The van der Waals surface area contributed by atoms with Gasteiger partial charge in [0.2, 0.25) is 0 Å². The van der Waals surface area contributed by atoms with E-state index >= 15 is 0 Å². The first-order valence-corrected chi connectivity index (χ1v) is 11.3. The van der Waals surface area contributed by atoms with Crippen molar-refractivity contribution in [2.24, 2.45) is 0 Å². The third kappa shape index (κ3) is 3.85. The minimum Gasteiger partial charge on any atom is -0.490 e. The van der Waals surface area contributed by atoms with Gasteiger partial charge in [-0.3, -0.25) is 9.97 Å². The number of rotatable bonds is 4. The predicted octanol–water partition coefficient (Wildman–Crippen LogP) is 6.58. The molecule has 33 heavy (non-hydrogen) atoms. The zero-order valence-corrected chi connectivity index (χ0v) is 18.5. The van der Waals surface area contributed by atoms with Gasteiger partial charge in [-0.2, -0.15) is 0 Å². The Balaban J connectivity index is 1.35. The summed E-state index contributed by atoms with van der Waals surface area (Å²) in [5.74, 6) is 1.69. The number of hydrogen-bond acceptors (Lipinski definition) is 5. The van der Waals surface area contributed by atoms with Crippen molar-refractivity contribution in [1.82, 2.24) is 9.97 Å². The highest BCUT2D eigenvalue weighted by molar-refractivity contribution is 5.93. The summed E-state index contributed by atoms with van der Waals surface area (Å²) in [7, 11) is 0. The molecule has 2 aromatic carbocycles. The molecule has 4 heterocycles. The summed E-state index contributed by atoms with van der Waals surface area (Å²) >= 11 is 0. The second-order valence-corrected chi connectivity index (χ2v) is 8.51. The number of ether oxygens (including phenoxy) is 2. The molecule has 1 saturated heterocycles.